The van der Waals surface area contributed by atoms with Crippen LogP contribution in [0.5, 0.6) is 0 Å². The second-order valence-corrected chi connectivity index (χ2v) is 5.10. The zero-order valence-electron chi connectivity index (χ0n) is 11.9. The van der Waals surface area contributed by atoms with Crippen molar-refractivity contribution in [2.24, 2.45) is 5.73 Å². The molecular weight excluding hydrogens is 258 g/mol. The molecule has 0 aliphatic heterocycles. The predicted molar refractivity (Wildman–Crippen MR) is 86.8 cm³/mol. The molecule has 0 aliphatic carbocycles. The predicted octanol–water partition coefficient (Wildman–Crippen LogP) is 3.02. The SMILES string of the molecule is NCC(NCc1ccccc1)c1cncc2ccccc12. The summed E-state index contributed by atoms with van der Waals surface area (Å²) in [5, 5.41) is 5.89. The number of fused-ring (bicyclic) bond motifs is 1. The number of hydrogen-bond acceptors (Lipinski definition) is 3. The maximum Gasteiger partial charge on any atom is 0.0468 e. The van der Waals surface area contributed by atoms with Gasteiger partial charge in [0.05, 0.1) is 0 Å². The van der Waals surface area contributed by atoms with Gasteiger partial charge in [-0.05, 0) is 16.5 Å². The quantitative estimate of drug-likeness (QED) is 0.753. The van der Waals surface area contributed by atoms with E-state index < -0.39 is 0 Å². The van der Waals surface area contributed by atoms with Crippen LogP contribution in [0.4, 0.5) is 0 Å². The summed E-state index contributed by atoms with van der Waals surface area (Å²) in [7, 11) is 0. The molecule has 1 heterocycles. The van der Waals surface area contributed by atoms with Gasteiger partial charge >= 0.3 is 0 Å². The summed E-state index contributed by atoms with van der Waals surface area (Å²) in [6.07, 6.45) is 3.81. The standard InChI is InChI=1S/C18H19N3/c19-10-18(21-11-14-6-2-1-3-7-14)17-13-20-12-15-8-4-5-9-16(15)17/h1-9,12-13,18,21H,10-11,19H2. The van der Waals surface area contributed by atoms with Gasteiger partial charge in [0, 0.05) is 36.9 Å². The third-order valence-electron chi connectivity index (χ3n) is 3.71. The molecule has 1 aromatic heterocycles. The molecule has 0 bridgehead atoms. The van der Waals surface area contributed by atoms with E-state index in [0.29, 0.717) is 6.54 Å². The summed E-state index contributed by atoms with van der Waals surface area (Å²) in [4.78, 5) is 4.34. The zero-order chi connectivity index (χ0) is 14.5. The minimum Gasteiger partial charge on any atom is -0.329 e. The highest BCUT2D eigenvalue weighted by Crippen LogP contribution is 2.22. The fourth-order valence-corrected chi connectivity index (χ4v) is 2.57. The Morgan fingerprint density at radius 3 is 2.52 bits per heavy atom. The second kappa shape index (κ2) is 6.48. The summed E-state index contributed by atoms with van der Waals surface area (Å²) in [5.41, 5.74) is 8.38. The lowest BCUT2D eigenvalue weighted by Crippen LogP contribution is -2.28. The van der Waals surface area contributed by atoms with Gasteiger partial charge in [0.15, 0.2) is 0 Å². The second-order valence-electron chi connectivity index (χ2n) is 5.10. The van der Waals surface area contributed by atoms with Crippen LogP contribution in [0.2, 0.25) is 0 Å². The Morgan fingerprint density at radius 2 is 1.71 bits per heavy atom. The van der Waals surface area contributed by atoms with E-state index in [0.717, 1.165) is 17.5 Å². The maximum atomic E-state index is 5.97. The van der Waals surface area contributed by atoms with E-state index in [-0.39, 0.29) is 6.04 Å². The van der Waals surface area contributed by atoms with E-state index in [4.69, 9.17) is 5.73 Å². The summed E-state index contributed by atoms with van der Waals surface area (Å²) in [5.74, 6) is 0. The molecule has 21 heavy (non-hydrogen) atoms. The van der Waals surface area contributed by atoms with Gasteiger partial charge in [0.25, 0.3) is 0 Å². The van der Waals surface area contributed by atoms with Crippen LogP contribution in [0.3, 0.4) is 0 Å². The lowest BCUT2D eigenvalue weighted by molar-refractivity contribution is 0.544. The van der Waals surface area contributed by atoms with Gasteiger partial charge in [0.1, 0.15) is 0 Å². The monoisotopic (exact) mass is 277 g/mol. The molecule has 0 fully saturated rings. The largest absolute Gasteiger partial charge is 0.329 e. The first-order valence-electron chi connectivity index (χ1n) is 7.18. The van der Waals surface area contributed by atoms with Crippen LogP contribution >= 0.6 is 0 Å². The summed E-state index contributed by atoms with van der Waals surface area (Å²) in [6, 6.07) is 18.7. The molecule has 1 unspecified atom stereocenters. The van der Waals surface area contributed by atoms with Gasteiger partial charge in [-0.2, -0.15) is 0 Å². The molecule has 0 aliphatic rings. The number of aromatic nitrogens is 1. The van der Waals surface area contributed by atoms with E-state index in [1.807, 2.05) is 36.7 Å². The van der Waals surface area contributed by atoms with E-state index in [9.17, 15) is 0 Å². The molecule has 0 saturated carbocycles. The van der Waals surface area contributed by atoms with E-state index in [2.05, 4.69) is 40.6 Å². The average Bonchev–Trinajstić information content (AvgIpc) is 2.56. The van der Waals surface area contributed by atoms with Crippen LogP contribution in [-0.4, -0.2) is 11.5 Å². The van der Waals surface area contributed by atoms with Crippen molar-refractivity contribution < 1.29 is 0 Å². The minimum atomic E-state index is 0.101. The van der Waals surface area contributed by atoms with Gasteiger partial charge in [-0.15, -0.1) is 0 Å². The number of nitrogens with two attached hydrogens (primary N) is 1. The molecule has 3 nitrogen and oxygen atoms in total. The first kappa shape index (κ1) is 13.7. The highest BCUT2D eigenvalue weighted by atomic mass is 14.9. The van der Waals surface area contributed by atoms with Crippen molar-refractivity contribution in [3.63, 3.8) is 0 Å². The van der Waals surface area contributed by atoms with Gasteiger partial charge in [-0.3, -0.25) is 4.98 Å². The normalized spacial score (nSPS) is 12.4. The van der Waals surface area contributed by atoms with E-state index in [1.54, 1.807) is 0 Å². The molecule has 106 valence electrons. The van der Waals surface area contributed by atoms with E-state index in [1.165, 1.54) is 10.9 Å². The zero-order valence-corrected chi connectivity index (χ0v) is 11.9. The Labute approximate surface area is 124 Å². The molecular formula is C18H19N3. The van der Waals surface area contributed by atoms with E-state index >= 15 is 0 Å². The fraction of sp³-hybridized carbons (Fsp3) is 0.167. The van der Waals surface area contributed by atoms with Gasteiger partial charge in [0.2, 0.25) is 0 Å². The fourth-order valence-electron chi connectivity index (χ4n) is 2.57. The third kappa shape index (κ3) is 3.10. The topological polar surface area (TPSA) is 50.9 Å². The molecule has 0 saturated heterocycles. The van der Waals surface area contributed by atoms with Crippen LogP contribution in [0.1, 0.15) is 17.2 Å². The number of hydrogen-bond donors (Lipinski definition) is 2. The van der Waals surface area contributed by atoms with Crippen molar-refractivity contribution in [3.8, 4) is 0 Å². The molecule has 2 aromatic carbocycles. The van der Waals surface area contributed by atoms with Crippen molar-refractivity contribution in [1.82, 2.24) is 10.3 Å². The smallest absolute Gasteiger partial charge is 0.0468 e. The van der Waals surface area contributed by atoms with Gasteiger partial charge < -0.3 is 11.1 Å². The van der Waals surface area contributed by atoms with Crippen LogP contribution < -0.4 is 11.1 Å². The summed E-state index contributed by atoms with van der Waals surface area (Å²) < 4.78 is 0. The lowest BCUT2D eigenvalue weighted by atomic mass is 10.0. The molecule has 3 heteroatoms. The molecule has 0 spiro atoms. The van der Waals surface area contributed by atoms with Crippen molar-refractivity contribution in [2.75, 3.05) is 6.54 Å². The van der Waals surface area contributed by atoms with Crippen molar-refractivity contribution in [3.05, 3.63) is 78.1 Å². The van der Waals surface area contributed by atoms with Crippen molar-refractivity contribution in [1.29, 1.82) is 0 Å². The Balaban J connectivity index is 1.85. The first-order chi connectivity index (χ1) is 10.4. The Hall–Kier alpha value is -2.23. The molecule has 3 rings (SSSR count). The van der Waals surface area contributed by atoms with Crippen LogP contribution in [0.25, 0.3) is 10.8 Å². The van der Waals surface area contributed by atoms with Crippen molar-refractivity contribution >= 4 is 10.8 Å². The molecule has 1 atom stereocenters. The summed E-state index contributed by atoms with van der Waals surface area (Å²) >= 11 is 0. The average molecular weight is 277 g/mol. The highest BCUT2D eigenvalue weighted by molar-refractivity contribution is 5.85. The number of nitrogens with one attached hydrogen (secondary N) is 1. The molecule has 0 radical (unpaired) electrons. The van der Waals surface area contributed by atoms with Gasteiger partial charge in [-0.25, -0.2) is 0 Å². The Morgan fingerprint density at radius 1 is 0.952 bits per heavy atom. The van der Waals surface area contributed by atoms with Crippen LogP contribution in [0, 0.1) is 0 Å². The number of benzene rings is 2. The first-order valence-corrected chi connectivity index (χ1v) is 7.18. The Kier molecular flexibility index (Phi) is 4.24. The van der Waals surface area contributed by atoms with Crippen molar-refractivity contribution in [2.45, 2.75) is 12.6 Å². The Bertz CT molecular complexity index is 704. The number of pyridine rings is 1. The van der Waals surface area contributed by atoms with Crippen LogP contribution in [0.15, 0.2) is 67.0 Å². The lowest BCUT2D eigenvalue weighted by Gasteiger charge is -2.19. The molecule has 3 N–H and O–H groups in total. The minimum absolute atomic E-state index is 0.101. The maximum absolute atomic E-state index is 5.97. The number of nitrogens with zero attached hydrogens (tertiary/aromatic N) is 1. The van der Waals surface area contributed by atoms with Gasteiger partial charge in [-0.1, -0.05) is 54.6 Å². The van der Waals surface area contributed by atoms with Crippen LogP contribution in [-0.2, 0) is 6.54 Å². The number of rotatable bonds is 5. The third-order valence-corrected chi connectivity index (χ3v) is 3.71. The molecule has 3 aromatic rings. The summed E-state index contributed by atoms with van der Waals surface area (Å²) in [6.45, 7) is 1.34. The molecule has 0 amide bonds. The highest BCUT2D eigenvalue weighted by Gasteiger charge is 2.12.